The molecule has 0 aromatic carbocycles. The third-order valence-corrected chi connectivity index (χ3v) is 9.40. The highest BCUT2D eigenvalue weighted by Crippen LogP contribution is 2.21. The molecule has 7 atom stereocenters. The lowest BCUT2D eigenvalue weighted by atomic mass is 9.96. The lowest BCUT2D eigenvalue weighted by Gasteiger charge is -2.32. The molecule has 1 saturated heterocycles. The number of nitrogens with zero attached hydrogens (tertiary/aromatic N) is 3. The molecule has 5 amide bonds. The van der Waals surface area contributed by atoms with Gasteiger partial charge in [0.2, 0.25) is 29.5 Å². The number of guanidine groups is 2. The van der Waals surface area contributed by atoms with Crippen LogP contribution in [0.3, 0.4) is 0 Å². The van der Waals surface area contributed by atoms with Crippen molar-refractivity contribution in [3.8, 4) is 0 Å². The highest BCUT2D eigenvalue weighted by atomic mass is 16.4. The molecule has 0 spiro atoms. The van der Waals surface area contributed by atoms with Crippen LogP contribution in [0.15, 0.2) is 9.98 Å². The fourth-order valence-electron chi connectivity index (χ4n) is 6.13. The molecule has 1 aliphatic rings. The van der Waals surface area contributed by atoms with Crippen LogP contribution in [-0.4, -0.2) is 120 Å². The number of rotatable bonds is 26. The van der Waals surface area contributed by atoms with E-state index in [1.54, 1.807) is 6.92 Å². The summed E-state index contributed by atoms with van der Waals surface area (Å²) in [6, 6.07) is -6.29. The van der Waals surface area contributed by atoms with Crippen molar-refractivity contribution in [2.45, 2.75) is 135 Å². The van der Waals surface area contributed by atoms with Crippen molar-refractivity contribution in [3.05, 3.63) is 0 Å². The standard InChI is InChI=1S/C35H67N13O7/c1-5-21(4)27(47-28(49)22(37)11-8-16-42-34(38)39)31(52)45-24(13-9-17-43-35(40)41)32(53)48-18-10-14-26(48)30(51)44-23(12-6-7-15-36)29(50)46-25(33(54)55)19-20(2)3/h20-27H,5-19,36-37H2,1-4H3,(H,44,51)(H,45,52)(H,46,50)(H,47,49)(H,54,55)(H4,38,39,42)(H4,40,41,43)/t21-,22-,23-,24-,25-,26-,27-/m0/s1. The summed E-state index contributed by atoms with van der Waals surface area (Å²) in [4.78, 5) is 89.4. The quantitative estimate of drug-likeness (QED) is 0.0249. The number of hydrogen-bond donors (Lipinski definition) is 11. The summed E-state index contributed by atoms with van der Waals surface area (Å²) < 4.78 is 0. The van der Waals surface area contributed by atoms with Crippen molar-refractivity contribution in [2.24, 2.45) is 56.2 Å². The molecule has 0 aromatic rings. The number of carboxylic acid groups (broad SMARTS) is 1. The van der Waals surface area contributed by atoms with E-state index in [1.165, 1.54) is 4.90 Å². The minimum atomic E-state index is -1.19. The van der Waals surface area contributed by atoms with Crippen LogP contribution in [0, 0.1) is 11.8 Å². The molecular weight excluding hydrogens is 714 g/mol. The van der Waals surface area contributed by atoms with Crippen molar-refractivity contribution in [1.82, 2.24) is 26.2 Å². The molecule has 0 unspecified atom stereocenters. The van der Waals surface area contributed by atoms with Crippen LogP contribution in [0.1, 0.15) is 98.3 Å². The summed E-state index contributed by atoms with van der Waals surface area (Å²) in [6.07, 6.45) is 3.85. The predicted octanol–water partition coefficient (Wildman–Crippen LogP) is -2.34. The molecule has 0 bridgehead atoms. The Morgan fingerprint density at radius 2 is 1.35 bits per heavy atom. The first-order chi connectivity index (χ1) is 25.9. The summed E-state index contributed by atoms with van der Waals surface area (Å²) in [7, 11) is 0. The fraction of sp³-hybridized carbons (Fsp3) is 0.771. The normalized spacial score (nSPS) is 17.1. The first kappa shape index (κ1) is 48.3. The summed E-state index contributed by atoms with van der Waals surface area (Å²) in [5.41, 5.74) is 33.4. The predicted molar refractivity (Wildman–Crippen MR) is 210 cm³/mol. The van der Waals surface area contributed by atoms with Gasteiger partial charge in [-0.1, -0.05) is 34.1 Å². The second-order valence-electron chi connectivity index (χ2n) is 14.5. The van der Waals surface area contributed by atoms with Crippen LogP contribution in [0.25, 0.3) is 0 Å². The van der Waals surface area contributed by atoms with Crippen LogP contribution in [0.5, 0.6) is 0 Å². The molecule has 1 heterocycles. The van der Waals surface area contributed by atoms with E-state index in [4.69, 9.17) is 34.4 Å². The van der Waals surface area contributed by atoms with Gasteiger partial charge in [-0.15, -0.1) is 0 Å². The van der Waals surface area contributed by atoms with E-state index >= 15 is 0 Å². The molecule has 0 radical (unpaired) electrons. The van der Waals surface area contributed by atoms with Crippen molar-refractivity contribution < 1.29 is 33.9 Å². The Morgan fingerprint density at radius 3 is 1.89 bits per heavy atom. The zero-order chi connectivity index (χ0) is 41.7. The van der Waals surface area contributed by atoms with E-state index in [1.807, 2.05) is 20.8 Å². The molecule has 0 saturated carbocycles. The smallest absolute Gasteiger partial charge is 0.326 e. The molecule has 1 rings (SSSR count). The third kappa shape index (κ3) is 18.0. The largest absolute Gasteiger partial charge is 0.480 e. The molecule has 55 heavy (non-hydrogen) atoms. The Bertz CT molecular complexity index is 1320. The molecule has 1 aliphatic heterocycles. The molecule has 314 valence electrons. The summed E-state index contributed by atoms with van der Waals surface area (Å²) >= 11 is 0. The number of likely N-dealkylation sites (tertiary alicyclic amines) is 1. The van der Waals surface area contributed by atoms with Gasteiger partial charge in [0.25, 0.3) is 0 Å². The Hall–Kier alpha value is -4.72. The second kappa shape index (κ2) is 25.4. The van der Waals surface area contributed by atoms with E-state index in [2.05, 4.69) is 31.3 Å². The first-order valence-electron chi connectivity index (χ1n) is 19.2. The van der Waals surface area contributed by atoms with E-state index in [0.717, 1.165) is 0 Å². The SMILES string of the molecule is CC[C@H](C)[C@H](NC(=O)[C@@H](N)CCCN=C(N)N)C(=O)N[C@@H](CCCN=C(N)N)C(=O)N1CCC[C@H]1C(=O)N[C@@H](CCCCN)C(=O)N[C@@H](CC(C)C)C(=O)O. The number of aliphatic carboxylic acids is 1. The average Bonchev–Trinajstić information content (AvgIpc) is 3.62. The van der Waals surface area contributed by atoms with E-state index in [9.17, 15) is 33.9 Å². The number of carboxylic acids is 1. The van der Waals surface area contributed by atoms with Gasteiger partial charge in [0.15, 0.2) is 11.9 Å². The van der Waals surface area contributed by atoms with Gasteiger partial charge in [0.1, 0.15) is 30.2 Å². The van der Waals surface area contributed by atoms with Crippen molar-refractivity contribution >= 4 is 47.4 Å². The van der Waals surface area contributed by atoms with Gasteiger partial charge in [0.05, 0.1) is 6.04 Å². The number of unbranched alkanes of at least 4 members (excludes halogenated alkanes) is 1. The Labute approximate surface area is 324 Å². The van der Waals surface area contributed by atoms with Crippen molar-refractivity contribution in [3.63, 3.8) is 0 Å². The maximum Gasteiger partial charge on any atom is 0.326 e. The minimum absolute atomic E-state index is 0.0140. The van der Waals surface area contributed by atoms with Gasteiger partial charge in [-0.05, 0) is 82.6 Å². The van der Waals surface area contributed by atoms with Gasteiger partial charge in [-0.25, -0.2) is 4.79 Å². The summed E-state index contributed by atoms with van der Waals surface area (Å²) in [5, 5.41) is 20.5. The van der Waals surface area contributed by atoms with Crippen molar-refractivity contribution in [2.75, 3.05) is 26.2 Å². The lowest BCUT2D eigenvalue weighted by Crippen LogP contribution is -2.60. The maximum atomic E-state index is 14.2. The van der Waals surface area contributed by atoms with Crippen LogP contribution in [0.4, 0.5) is 0 Å². The zero-order valence-electron chi connectivity index (χ0n) is 32.9. The number of aliphatic imine (C=N–C) groups is 2. The summed E-state index contributed by atoms with van der Waals surface area (Å²) in [6.45, 7) is 8.33. The van der Waals surface area contributed by atoms with Crippen LogP contribution >= 0.6 is 0 Å². The minimum Gasteiger partial charge on any atom is -0.480 e. The number of carbonyl (C=O) groups excluding carboxylic acids is 5. The molecule has 20 nitrogen and oxygen atoms in total. The van der Waals surface area contributed by atoms with Gasteiger partial charge >= 0.3 is 5.97 Å². The first-order valence-corrected chi connectivity index (χ1v) is 19.2. The van der Waals surface area contributed by atoms with E-state index in [-0.39, 0.29) is 69.1 Å². The molecule has 17 N–H and O–H groups in total. The molecule has 1 fully saturated rings. The highest BCUT2D eigenvalue weighted by molar-refractivity contribution is 5.96. The van der Waals surface area contributed by atoms with Gasteiger partial charge in [-0.3, -0.25) is 34.0 Å². The monoisotopic (exact) mass is 782 g/mol. The topological polar surface area (TPSA) is 355 Å². The number of nitrogens with one attached hydrogen (secondary N) is 4. The number of carbonyl (C=O) groups is 6. The molecule has 20 heteroatoms. The van der Waals surface area contributed by atoms with Gasteiger partial charge in [0, 0.05) is 19.6 Å². The molecule has 0 aliphatic carbocycles. The highest BCUT2D eigenvalue weighted by Gasteiger charge is 2.40. The number of nitrogens with two attached hydrogens (primary N) is 6. The number of hydrogen-bond acceptors (Lipinski definition) is 10. The Morgan fingerprint density at radius 1 is 0.764 bits per heavy atom. The molecular formula is C35H67N13O7. The maximum absolute atomic E-state index is 14.2. The fourth-order valence-corrected chi connectivity index (χ4v) is 6.13. The van der Waals surface area contributed by atoms with E-state index in [0.29, 0.717) is 51.5 Å². The second-order valence-corrected chi connectivity index (χ2v) is 14.5. The number of amides is 5. The van der Waals surface area contributed by atoms with Crippen LogP contribution < -0.4 is 55.7 Å². The third-order valence-electron chi connectivity index (χ3n) is 9.40. The summed E-state index contributed by atoms with van der Waals surface area (Å²) in [5.74, 6) is -4.69. The Kier molecular flexibility index (Phi) is 22.3. The van der Waals surface area contributed by atoms with Gasteiger partial charge < -0.3 is 65.7 Å². The van der Waals surface area contributed by atoms with Crippen molar-refractivity contribution in [1.29, 1.82) is 0 Å². The Balaban J connectivity index is 3.27. The average molecular weight is 782 g/mol. The van der Waals surface area contributed by atoms with E-state index < -0.39 is 71.8 Å². The van der Waals surface area contributed by atoms with Crippen LogP contribution in [-0.2, 0) is 28.8 Å². The molecule has 0 aromatic heterocycles. The van der Waals surface area contributed by atoms with Crippen LogP contribution in [0.2, 0.25) is 0 Å². The zero-order valence-corrected chi connectivity index (χ0v) is 32.9. The van der Waals surface area contributed by atoms with Gasteiger partial charge in [-0.2, -0.15) is 0 Å². The lowest BCUT2D eigenvalue weighted by molar-refractivity contribution is -0.144.